The summed E-state index contributed by atoms with van der Waals surface area (Å²) in [6, 6.07) is 8.72. The van der Waals surface area contributed by atoms with Gasteiger partial charge < -0.3 is 10.2 Å². The van der Waals surface area contributed by atoms with Crippen LogP contribution in [0, 0.1) is 5.92 Å². The van der Waals surface area contributed by atoms with Crippen LogP contribution in [-0.4, -0.2) is 48.7 Å². The normalized spacial score (nSPS) is 14.1. The smallest absolute Gasteiger partial charge is 0.207 e. The Morgan fingerprint density at radius 3 is 1.93 bits per heavy atom. The van der Waals surface area contributed by atoms with Crippen molar-refractivity contribution in [2.75, 3.05) is 31.6 Å². The largest absolute Gasteiger partial charge is 0.345 e. The van der Waals surface area contributed by atoms with Crippen LogP contribution >= 0.6 is 11.8 Å². The van der Waals surface area contributed by atoms with E-state index in [1.807, 2.05) is 58.0 Å². The van der Waals surface area contributed by atoms with E-state index in [2.05, 4.69) is 42.9 Å². The third kappa shape index (κ3) is 14.7. The van der Waals surface area contributed by atoms with E-state index in [1.54, 1.807) is 0 Å². The molecule has 1 atom stereocenters. The van der Waals surface area contributed by atoms with E-state index in [0.717, 1.165) is 5.56 Å². The topological polar surface area (TPSA) is 49.4 Å². The standard InChI is InChI=1S/C12H15NO2.C5H11NS.C4H10.C2H6/c1-9(2)12(15)11(13-8-14)10-6-4-3-5-7-10;1-6-2-4-7-5-3-6;1-3-4-2;1-2/h3-9,11H,1-2H3,(H,13,14);2-5H2,1H3;3-4H2,1-2H3;1-2H3. The Morgan fingerprint density at radius 1 is 1.11 bits per heavy atom. The third-order valence-corrected chi connectivity index (χ3v) is 4.90. The Hall–Kier alpha value is -1.33. The van der Waals surface area contributed by atoms with Gasteiger partial charge in [-0.2, -0.15) is 11.8 Å². The Balaban J connectivity index is 0. The second kappa shape index (κ2) is 20.4. The number of benzene rings is 1. The van der Waals surface area contributed by atoms with Gasteiger partial charge in [0.05, 0.1) is 0 Å². The summed E-state index contributed by atoms with van der Waals surface area (Å²) < 4.78 is 0. The highest BCUT2D eigenvalue weighted by Crippen LogP contribution is 2.16. The Morgan fingerprint density at radius 2 is 1.61 bits per heavy atom. The molecule has 1 aliphatic heterocycles. The van der Waals surface area contributed by atoms with Gasteiger partial charge in [-0.15, -0.1) is 0 Å². The number of carbonyl (C=O) groups is 2. The number of nitrogens with zero attached hydrogens (tertiary/aromatic N) is 1. The average molecular weight is 411 g/mol. The number of ketones is 1. The summed E-state index contributed by atoms with van der Waals surface area (Å²) >= 11 is 2.06. The minimum Gasteiger partial charge on any atom is -0.345 e. The van der Waals surface area contributed by atoms with Gasteiger partial charge in [0, 0.05) is 30.5 Å². The lowest BCUT2D eigenvalue weighted by Gasteiger charge is -2.20. The Kier molecular flexibility index (Phi) is 21.0. The number of Topliss-reactive ketones (excluding diaryl/α,β-unsaturated/α-hetero) is 1. The highest BCUT2D eigenvalue weighted by atomic mass is 32.2. The summed E-state index contributed by atoms with van der Waals surface area (Å²) in [4.78, 5) is 24.6. The first-order chi connectivity index (χ1) is 13.5. The first kappa shape index (κ1) is 28.9. The summed E-state index contributed by atoms with van der Waals surface area (Å²) in [5.74, 6) is 2.59. The molecule has 1 unspecified atom stereocenters. The van der Waals surface area contributed by atoms with Gasteiger partial charge in [-0.1, -0.05) is 84.7 Å². The van der Waals surface area contributed by atoms with Crippen LogP contribution in [0.5, 0.6) is 0 Å². The summed E-state index contributed by atoms with van der Waals surface area (Å²) in [5.41, 5.74) is 0.823. The molecule has 1 aromatic rings. The second-order valence-corrected chi connectivity index (χ2v) is 7.83. The molecule has 0 radical (unpaired) electrons. The molecule has 162 valence electrons. The molecule has 0 saturated carbocycles. The lowest BCUT2D eigenvalue weighted by molar-refractivity contribution is -0.126. The molecule has 2 rings (SSSR count). The van der Waals surface area contributed by atoms with Gasteiger partial charge in [0.1, 0.15) is 6.04 Å². The van der Waals surface area contributed by atoms with E-state index in [-0.39, 0.29) is 11.7 Å². The minimum absolute atomic E-state index is 0.0216. The van der Waals surface area contributed by atoms with Crippen LogP contribution < -0.4 is 5.32 Å². The number of amides is 1. The van der Waals surface area contributed by atoms with Crippen molar-refractivity contribution in [1.29, 1.82) is 0 Å². The number of hydrogen-bond acceptors (Lipinski definition) is 4. The monoisotopic (exact) mass is 410 g/mol. The molecule has 1 amide bonds. The molecule has 4 nitrogen and oxygen atoms in total. The van der Waals surface area contributed by atoms with Crippen molar-refractivity contribution in [3.05, 3.63) is 35.9 Å². The molecule has 1 aromatic carbocycles. The predicted octanol–water partition coefficient (Wildman–Crippen LogP) is 5.20. The van der Waals surface area contributed by atoms with Crippen LogP contribution in [-0.2, 0) is 9.59 Å². The summed E-state index contributed by atoms with van der Waals surface area (Å²) in [6.45, 7) is 14.6. The molecule has 1 aliphatic rings. The first-order valence-electron chi connectivity index (χ1n) is 10.5. The fraction of sp³-hybridized carbons (Fsp3) is 0.652. The maximum atomic E-state index is 11.8. The summed E-state index contributed by atoms with van der Waals surface area (Å²) in [6.07, 6.45) is 3.21. The van der Waals surface area contributed by atoms with Crippen molar-refractivity contribution in [3.63, 3.8) is 0 Å². The van der Waals surface area contributed by atoms with E-state index < -0.39 is 6.04 Å². The van der Waals surface area contributed by atoms with Crippen molar-refractivity contribution in [2.24, 2.45) is 5.92 Å². The molecule has 1 saturated heterocycles. The van der Waals surface area contributed by atoms with Gasteiger partial charge in [-0.3, -0.25) is 9.59 Å². The number of thioether (sulfide) groups is 1. The minimum atomic E-state index is -0.524. The second-order valence-electron chi connectivity index (χ2n) is 6.60. The number of hydrogen-bond donors (Lipinski definition) is 1. The molecule has 0 bridgehead atoms. The van der Waals surface area contributed by atoms with Crippen LogP contribution in [0.3, 0.4) is 0 Å². The Labute approximate surface area is 177 Å². The van der Waals surface area contributed by atoms with Crippen molar-refractivity contribution < 1.29 is 9.59 Å². The molecule has 1 N–H and O–H groups in total. The summed E-state index contributed by atoms with van der Waals surface area (Å²) in [7, 11) is 2.18. The molecular weight excluding hydrogens is 368 g/mol. The van der Waals surface area contributed by atoms with Gasteiger partial charge in [0.15, 0.2) is 5.78 Å². The zero-order valence-electron chi connectivity index (χ0n) is 19.0. The van der Waals surface area contributed by atoms with Crippen molar-refractivity contribution in [1.82, 2.24) is 10.2 Å². The lowest BCUT2D eigenvalue weighted by Crippen LogP contribution is -2.30. The molecule has 5 heteroatoms. The predicted molar refractivity (Wildman–Crippen MR) is 125 cm³/mol. The van der Waals surface area contributed by atoms with Gasteiger partial charge in [-0.05, 0) is 12.6 Å². The fourth-order valence-corrected chi connectivity index (χ4v) is 3.13. The number of nitrogens with one attached hydrogen (secondary N) is 1. The maximum absolute atomic E-state index is 11.8. The van der Waals surface area contributed by atoms with Crippen molar-refractivity contribution in [3.8, 4) is 0 Å². The Bertz CT molecular complexity index is 473. The molecule has 28 heavy (non-hydrogen) atoms. The lowest BCUT2D eigenvalue weighted by atomic mass is 9.96. The highest BCUT2D eigenvalue weighted by Gasteiger charge is 2.21. The van der Waals surface area contributed by atoms with Gasteiger partial charge in [0.2, 0.25) is 6.41 Å². The fourth-order valence-electron chi connectivity index (χ4n) is 2.04. The molecule has 0 spiro atoms. The molecular formula is C23H42N2O2S. The van der Waals surface area contributed by atoms with Crippen molar-refractivity contribution in [2.45, 2.75) is 60.4 Å². The first-order valence-corrected chi connectivity index (χ1v) is 11.7. The van der Waals surface area contributed by atoms with E-state index in [4.69, 9.17) is 0 Å². The van der Waals surface area contributed by atoms with Gasteiger partial charge >= 0.3 is 0 Å². The molecule has 0 aliphatic carbocycles. The third-order valence-electron chi connectivity index (χ3n) is 3.96. The summed E-state index contributed by atoms with van der Waals surface area (Å²) in [5, 5.41) is 2.55. The van der Waals surface area contributed by atoms with Crippen LogP contribution in [0.1, 0.15) is 66.0 Å². The number of unbranched alkanes of at least 4 members (excludes halogenated alkanes) is 1. The molecule has 1 heterocycles. The molecule has 0 aromatic heterocycles. The highest BCUT2D eigenvalue weighted by molar-refractivity contribution is 7.99. The quantitative estimate of drug-likeness (QED) is 0.655. The SMILES string of the molecule is CC.CC(C)C(=O)C(NC=O)c1ccccc1.CCCC.CN1CCSCC1. The molecule has 1 fully saturated rings. The number of rotatable bonds is 6. The average Bonchev–Trinajstić information content (AvgIpc) is 2.74. The maximum Gasteiger partial charge on any atom is 0.207 e. The van der Waals surface area contributed by atoms with E-state index in [0.29, 0.717) is 6.41 Å². The van der Waals surface area contributed by atoms with Crippen LogP contribution in [0.25, 0.3) is 0 Å². The van der Waals surface area contributed by atoms with Crippen LogP contribution in [0.2, 0.25) is 0 Å². The van der Waals surface area contributed by atoms with E-state index >= 15 is 0 Å². The van der Waals surface area contributed by atoms with Gasteiger partial charge in [0.25, 0.3) is 0 Å². The zero-order valence-corrected chi connectivity index (χ0v) is 19.8. The number of carbonyl (C=O) groups excluding carboxylic acids is 2. The van der Waals surface area contributed by atoms with E-state index in [9.17, 15) is 9.59 Å². The van der Waals surface area contributed by atoms with Crippen LogP contribution in [0.15, 0.2) is 30.3 Å². The van der Waals surface area contributed by atoms with Crippen LogP contribution in [0.4, 0.5) is 0 Å². The van der Waals surface area contributed by atoms with Gasteiger partial charge in [-0.25, -0.2) is 0 Å². The zero-order chi connectivity index (χ0) is 21.8. The van der Waals surface area contributed by atoms with Crippen molar-refractivity contribution >= 4 is 24.0 Å². The van der Waals surface area contributed by atoms with E-state index in [1.165, 1.54) is 37.4 Å².